The van der Waals surface area contributed by atoms with Crippen LogP contribution in [0.1, 0.15) is 33.6 Å². The maximum Gasteiger partial charge on any atom is 0.410 e. The molecule has 0 aromatic carbocycles. The van der Waals surface area contributed by atoms with E-state index in [1.165, 1.54) is 18.6 Å². The minimum atomic E-state index is -0.453. The molecule has 3 atom stereocenters. The van der Waals surface area contributed by atoms with Gasteiger partial charge in [-0.05, 0) is 39.4 Å². The molecule has 0 radical (unpaired) electrons. The fourth-order valence-corrected chi connectivity index (χ4v) is 3.91. The zero-order chi connectivity index (χ0) is 15.5. The van der Waals surface area contributed by atoms with Crippen molar-refractivity contribution in [2.24, 2.45) is 0 Å². The largest absolute Gasteiger partial charge is 0.444 e. The Bertz CT molecular complexity index is 353. The minimum Gasteiger partial charge on any atom is -0.444 e. The van der Waals surface area contributed by atoms with E-state index >= 15 is 0 Å². The van der Waals surface area contributed by atoms with Crippen LogP contribution in [0.5, 0.6) is 0 Å². The number of carbonyl (C=O) groups is 1. The molecule has 0 aromatic rings. The van der Waals surface area contributed by atoms with Crippen molar-refractivity contribution in [2.75, 3.05) is 31.7 Å². The van der Waals surface area contributed by atoms with Crippen LogP contribution in [0, 0.1) is 0 Å². The summed E-state index contributed by atoms with van der Waals surface area (Å²) in [5.41, 5.74) is -0.453. The van der Waals surface area contributed by atoms with Crippen LogP contribution < -0.4 is 5.32 Å². The molecular formula is C15H28N2O3S. The lowest BCUT2D eigenvalue weighted by molar-refractivity contribution is 0.0252. The Hall–Kier alpha value is -0.460. The highest BCUT2D eigenvalue weighted by Crippen LogP contribution is 2.21. The van der Waals surface area contributed by atoms with Crippen LogP contribution in [0.2, 0.25) is 0 Å². The zero-order valence-electron chi connectivity index (χ0n) is 13.6. The van der Waals surface area contributed by atoms with Crippen molar-refractivity contribution < 1.29 is 14.3 Å². The average molecular weight is 316 g/mol. The lowest BCUT2D eigenvalue weighted by atomic mass is 10.1. The molecule has 0 bridgehead atoms. The van der Waals surface area contributed by atoms with Crippen LogP contribution in [0.15, 0.2) is 0 Å². The summed E-state index contributed by atoms with van der Waals surface area (Å²) in [7, 11) is 1.72. The van der Waals surface area contributed by atoms with Crippen LogP contribution in [0.25, 0.3) is 0 Å². The van der Waals surface area contributed by atoms with Crippen LogP contribution in [0.4, 0.5) is 4.79 Å². The maximum atomic E-state index is 12.2. The second-order valence-electron chi connectivity index (χ2n) is 6.85. The minimum absolute atomic E-state index is 0.0458. The highest BCUT2D eigenvalue weighted by atomic mass is 32.2. The van der Waals surface area contributed by atoms with Crippen LogP contribution in [-0.2, 0) is 9.47 Å². The fraction of sp³-hybridized carbons (Fsp3) is 0.933. The summed E-state index contributed by atoms with van der Waals surface area (Å²) < 4.78 is 11.0. The summed E-state index contributed by atoms with van der Waals surface area (Å²) in [4.78, 5) is 13.9. The van der Waals surface area contributed by atoms with Gasteiger partial charge in [0.2, 0.25) is 0 Å². The summed E-state index contributed by atoms with van der Waals surface area (Å²) in [5, 5.41) is 3.67. The Balaban J connectivity index is 1.88. The van der Waals surface area contributed by atoms with Gasteiger partial charge in [0.1, 0.15) is 5.60 Å². The van der Waals surface area contributed by atoms with E-state index in [2.05, 4.69) is 5.32 Å². The van der Waals surface area contributed by atoms with Crippen molar-refractivity contribution in [3.63, 3.8) is 0 Å². The van der Waals surface area contributed by atoms with Gasteiger partial charge in [0.15, 0.2) is 0 Å². The first kappa shape index (κ1) is 16.9. The normalized spacial score (nSPS) is 30.5. The first-order chi connectivity index (χ1) is 9.89. The summed E-state index contributed by atoms with van der Waals surface area (Å²) in [6.07, 6.45) is 2.28. The molecule has 0 aromatic heterocycles. The third-order valence-corrected chi connectivity index (χ3v) is 5.05. The number of likely N-dealkylation sites (tertiary alicyclic amines) is 1. The van der Waals surface area contributed by atoms with E-state index < -0.39 is 5.60 Å². The molecule has 0 spiro atoms. The molecule has 2 unspecified atom stereocenters. The van der Waals surface area contributed by atoms with Gasteiger partial charge in [-0.15, -0.1) is 0 Å². The Morgan fingerprint density at radius 3 is 2.67 bits per heavy atom. The lowest BCUT2D eigenvalue weighted by Gasteiger charge is -2.28. The highest BCUT2D eigenvalue weighted by molar-refractivity contribution is 7.99. The number of rotatable bonds is 3. The smallest absolute Gasteiger partial charge is 0.410 e. The molecule has 2 heterocycles. The Morgan fingerprint density at radius 1 is 1.33 bits per heavy atom. The van der Waals surface area contributed by atoms with Gasteiger partial charge in [-0.1, -0.05) is 0 Å². The van der Waals surface area contributed by atoms with Crippen molar-refractivity contribution in [3.05, 3.63) is 0 Å². The van der Waals surface area contributed by atoms with Gasteiger partial charge in [-0.2, -0.15) is 11.8 Å². The first-order valence-electron chi connectivity index (χ1n) is 7.73. The topological polar surface area (TPSA) is 50.8 Å². The van der Waals surface area contributed by atoms with Gasteiger partial charge in [0.25, 0.3) is 0 Å². The molecule has 6 heteroatoms. The maximum absolute atomic E-state index is 12.2. The van der Waals surface area contributed by atoms with Crippen molar-refractivity contribution in [1.29, 1.82) is 0 Å². The zero-order valence-corrected chi connectivity index (χ0v) is 14.4. The summed E-state index contributed by atoms with van der Waals surface area (Å²) in [6, 6.07) is 0.733. The summed E-state index contributed by atoms with van der Waals surface area (Å²) >= 11 is 2.00. The first-order valence-corrected chi connectivity index (χ1v) is 8.89. The van der Waals surface area contributed by atoms with Gasteiger partial charge in [0.05, 0.1) is 18.7 Å². The van der Waals surface area contributed by atoms with Gasteiger partial charge < -0.3 is 19.7 Å². The third kappa shape index (κ3) is 5.04. The van der Waals surface area contributed by atoms with E-state index in [4.69, 9.17) is 9.47 Å². The summed E-state index contributed by atoms with van der Waals surface area (Å²) in [5.74, 6) is 2.42. The highest BCUT2D eigenvalue weighted by Gasteiger charge is 2.38. The molecule has 0 saturated carbocycles. The van der Waals surface area contributed by atoms with Crippen LogP contribution in [0.3, 0.4) is 0 Å². The molecule has 2 rings (SSSR count). The second-order valence-corrected chi connectivity index (χ2v) is 8.00. The van der Waals surface area contributed by atoms with E-state index in [-0.39, 0.29) is 18.2 Å². The van der Waals surface area contributed by atoms with E-state index in [1.807, 2.05) is 32.5 Å². The van der Waals surface area contributed by atoms with Gasteiger partial charge in [-0.25, -0.2) is 4.79 Å². The quantitative estimate of drug-likeness (QED) is 0.864. The van der Waals surface area contributed by atoms with Crippen molar-refractivity contribution in [3.8, 4) is 0 Å². The number of ether oxygens (including phenoxy) is 2. The van der Waals surface area contributed by atoms with Crippen molar-refractivity contribution >= 4 is 17.9 Å². The molecule has 1 amide bonds. The fourth-order valence-electron chi connectivity index (χ4n) is 2.82. The van der Waals surface area contributed by atoms with E-state index in [0.29, 0.717) is 19.1 Å². The molecule has 0 aliphatic carbocycles. The Kier molecular flexibility index (Phi) is 5.80. The SMILES string of the molecule is CO[C@H]1CN(C(=O)OC(C)(C)C)CC1NC1CCCSC1. The third-order valence-electron chi connectivity index (χ3n) is 3.83. The number of thioether (sulfide) groups is 1. The number of hydrogen-bond acceptors (Lipinski definition) is 5. The molecule has 1 N–H and O–H groups in total. The van der Waals surface area contributed by atoms with Crippen molar-refractivity contribution in [2.45, 2.75) is 57.4 Å². The van der Waals surface area contributed by atoms with Gasteiger partial charge in [-0.3, -0.25) is 0 Å². The molecule has 2 saturated heterocycles. The van der Waals surface area contributed by atoms with Gasteiger partial charge >= 0.3 is 6.09 Å². The van der Waals surface area contributed by atoms with E-state index in [9.17, 15) is 4.79 Å². The average Bonchev–Trinajstić information content (AvgIpc) is 2.81. The standard InChI is InChI=1S/C15H28N2O3S/c1-15(2,3)20-14(18)17-8-12(13(9-17)19-4)16-11-6-5-7-21-10-11/h11-13,16H,5-10H2,1-4H3/t11?,12?,13-/m0/s1. The summed E-state index contributed by atoms with van der Waals surface area (Å²) in [6.45, 7) is 6.94. The number of hydrogen-bond donors (Lipinski definition) is 1. The second kappa shape index (κ2) is 7.20. The molecule has 5 nitrogen and oxygen atoms in total. The molecule has 21 heavy (non-hydrogen) atoms. The monoisotopic (exact) mass is 316 g/mol. The number of amides is 1. The van der Waals surface area contributed by atoms with E-state index in [1.54, 1.807) is 12.0 Å². The van der Waals surface area contributed by atoms with Crippen LogP contribution >= 0.6 is 11.8 Å². The molecule has 2 aliphatic rings. The number of nitrogens with zero attached hydrogens (tertiary/aromatic N) is 1. The molecule has 2 fully saturated rings. The number of methoxy groups -OCH3 is 1. The Labute approximate surface area is 132 Å². The van der Waals surface area contributed by atoms with E-state index in [0.717, 1.165) is 5.75 Å². The number of carbonyl (C=O) groups excluding carboxylic acids is 1. The van der Waals surface area contributed by atoms with Gasteiger partial charge in [0, 0.05) is 25.4 Å². The predicted octanol–water partition coefficient (Wildman–Crippen LogP) is 2.11. The number of nitrogens with one attached hydrogen (secondary N) is 1. The molecule has 2 aliphatic heterocycles. The predicted molar refractivity (Wildman–Crippen MR) is 85.9 cm³/mol. The molecule has 122 valence electrons. The van der Waals surface area contributed by atoms with Crippen LogP contribution in [-0.4, -0.2) is 66.5 Å². The van der Waals surface area contributed by atoms with Crippen molar-refractivity contribution in [1.82, 2.24) is 10.2 Å². The molecular weight excluding hydrogens is 288 g/mol. The Morgan fingerprint density at radius 2 is 2.10 bits per heavy atom. The lowest BCUT2D eigenvalue weighted by Crippen LogP contribution is -2.47.